The maximum absolute atomic E-state index is 5.33. The highest BCUT2D eigenvalue weighted by atomic mass is 32.1. The van der Waals surface area contributed by atoms with Crippen LogP contribution in [0.15, 0.2) is 0 Å². The first-order valence-corrected chi connectivity index (χ1v) is 6.70. The molecule has 0 saturated carbocycles. The van der Waals surface area contributed by atoms with Crippen LogP contribution in [0, 0.1) is 0 Å². The number of morpholine rings is 2. The summed E-state index contributed by atoms with van der Waals surface area (Å²) in [6, 6.07) is 0. The summed E-state index contributed by atoms with van der Waals surface area (Å²) in [5.41, 5.74) is 0. The third-order valence-corrected chi connectivity index (χ3v) is 3.75. The van der Waals surface area contributed by atoms with Gasteiger partial charge in [-0.15, -0.1) is 0 Å². The van der Waals surface area contributed by atoms with Gasteiger partial charge in [0.25, 0.3) is 0 Å². The lowest BCUT2D eigenvalue weighted by Crippen LogP contribution is -2.37. The van der Waals surface area contributed by atoms with Crippen molar-refractivity contribution in [2.75, 3.05) is 62.4 Å². The smallest absolute Gasteiger partial charge is 0.239 e. The van der Waals surface area contributed by atoms with Crippen molar-refractivity contribution >= 4 is 22.6 Å². The minimum Gasteiger partial charge on any atom is -0.378 e. The van der Waals surface area contributed by atoms with Gasteiger partial charge in [-0.25, -0.2) is 0 Å². The predicted molar refractivity (Wildman–Crippen MR) is 66.0 cm³/mol. The van der Waals surface area contributed by atoms with E-state index < -0.39 is 0 Å². The molecule has 2 saturated heterocycles. The fourth-order valence-corrected chi connectivity index (χ4v) is 2.72. The van der Waals surface area contributed by atoms with Gasteiger partial charge < -0.3 is 19.3 Å². The van der Waals surface area contributed by atoms with E-state index >= 15 is 0 Å². The minimum atomic E-state index is 0.770. The number of hydrogen-bond acceptors (Lipinski definition) is 7. The molecule has 17 heavy (non-hydrogen) atoms. The highest BCUT2D eigenvalue weighted by Crippen LogP contribution is 2.23. The molecular formula is C10H16N4O2S. The molecule has 94 valence electrons. The number of anilines is 2. The van der Waals surface area contributed by atoms with Gasteiger partial charge in [0.2, 0.25) is 11.1 Å². The van der Waals surface area contributed by atoms with E-state index in [4.69, 9.17) is 9.47 Å². The summed E-state index contributed by atoms with van der Waals surface area (Å²) >= 11 is 1.48. The van der Waals surface area contributed by atoms with Crippen LogP contribution in [0.5, 0.6) is 0 Å². The van der Waals surface area contributed by atoms with Crippen molar-refractivity contribution < 1.29 is 9.47 Å². The lowest BCUT2D eigenvalue weighted by atomic mass is 10.4. The summed E-state index contributed by atoms with van der Waals surface area (Å²) < 4.78 is 15.1. The largest absolute Gasteiger partial charge is 0.378 e. The number of ether oxygens (including phenoxy) is 2. The van der Waals surface area contributed by atoms with Crippen molar-refractivity contribution in [2.45, 2.75) is 0 Å². The van der Waals surface area contributed by atoms with E-state index in [1.54, 1.807) is 0 Å². The van der Waals surface area contributed by atoms with Crippen molar-refractivity contribution in [1.29, 1.82) is 0 Å². The van der Waals surface area contributed by atoms with Gasteiger partial charge in [0.1, 0.15) is 0 Å². The van der Waals surface area contributed by atoms with Crippen LogP contribution >= 0.6 is 11.5 Å². The van der Waals surface area contributed by atoms with Gasteiger partial charge in [0, 0.05) is 37.7 Å². The Labute approximate surface area is 104 Å². The average Bonchev–Trinajstić information content (AvgIpc) is 2.90. The lowest BCUT2D eigenvalue weighted by molar-refractivity contribution is 0.121. The van der Waals surface area contributed by atoms with E-state index in [0.29, 0.717) is 0 Å². The fraction of sp³-hybridized carbons (Fsp3) is 0.800. The zero-order valence-electron chi connectivity index (χ0n) is 9.67. The second kappa shape index (κ2) is 5.16. The van der Waals surface area contributed by atoms with Crippen LogP contribution < -0.4 is 9.80 Å². The molecule has 6 nitrogen and oxygen atoms in total. The van der Waals surface area contributed by atoms with Crippen molar-refractivity contribution in [3.8, 4) is 0 Å². The third kappa shape index (κ3) is 2.51. The molecule has 2 fully saturated rings. The number of rotatable bonds is 2. The van der Waals surface area contributed by atoms with Crippen LogP contribution in [0.2, 0.25) is 0 Å². The molecule has 0 atom stereocenters. The molecule has 0 bridgehead atoms. The first kappa shape index (κ1) is 11.2. The highest BCUT2D eigenvalue weighted by Gasteiger charge is 2.19. The quantitative estimate of drug-likeness (QED) is 0.754. The Morgan fingerprint density at radius 3 is 2.12 bits per heavy atom. The average molecular weight is 256 g/mol. The second-order valence-electron chi connectivity index (χ2n) is 4.08. The maximum Gasteiger partial charge on any atom is 0.239 e. The van der Waals surface area contributed by atoms with E-state index in [-0.39, 0.29) is 0 Å². The van der Waals surface area contributed by atoms with Crippen molar-refractivity contribution in [2.24, 2.45) is 0 Å². The number of hydrogen-bond donors (Lipinski definition) is 0. The van der Waals surface area contributed by atoms with E-state index in [2.05, 4.69) is 19.2 Å². The zero-order valence-corrected chi connectivity index (χ0v) is 10.5. The molecule has 0 radical (unpaired) electrons. The molecule has 3 heterocycles. The Morgan fingerprint density at radius 2 is 1.47 bits per heavy atom. The Bertz CT molecular complexity index is 328. The molecule has 2 aliphatic heterocycles. The van der Waals surface area contributed by atoms with Crippen LogP contribution in [-0.2, 0) is 9.47 Å². The molecule has 0 aromatic carbocycles. The Hall–Kier alpha value is -0.920. The zero-order chi connectivity index (χ0) is 11.5. The van der Waals surface area contributed by atoms with Gasteiger partial charge in [-0.05, 0) is 0 Å². The minimum absolute atomic E-state index is 0.770. The molecule has 0 unspecified atom stereocenters. The normalized spacial score (nSPS) is 21.9. The maximum atomic E-state index is 5.33. The van der Waals surface area contributed by atoms with Gasteiger partial charge >= 0.3 is 0 Å². The third-order valence-electron chi connectivity index (χ3n) is 2.98. The molecular weight excluding hydrogens is 240 g/mol. The van der Waals surface area contributed by atoms with E-state index in [1.807, 2.05) is 0 Å². The van der Waals surface area contributed by atoms with Crippen LogP contribution in [0.25, 0.3) is 0 Å². The standard InChI is InChI=1S/C10H16N4O2S/c1-5-15-6-2-13(1)9-11-10(17-12-9)14-3-7-16-8-4-14/h1-8H2. The first-order chi connectivity index (χ1) is 8.43. The SMILES string of the molecule is C1CN(c2nsc(N3CCOCC3)n2)CCO1. The number of aromatic nitrogens is 2. The molecule has 7 heteroatoms. The van der Waals surface area contributed by atoms with E-state index in [9.17, 15) is 0 Å². The Morgan fingerprint density at radius 1 is 0.882 bits per heavy atom. The van der Waals surface area contributed by atoms with Gasteiger partial charge in [-0.2, -0.15) is 9.36 Å². The molecule has 0 N–H and O–H groups in total. The lowest BCUT2D eigenvalue weighted by Gasteiger charge is -2.27. The van der Waals surface area contributed by atoms with Crippen LogP contribution in [0.3, 0.4) is 0 Å². The number of nitrogens with zero attached hydrogens (tertiary/aromatic N) is 4. The molecule has 3 rings (SSSR count). The van der Waals surface area contributed by atoms with Crippen molar-refractivity contribution in [3.63, 3.8) is 0 Å². The summed E-state index contributed by atoms with van der Waals surface area (Å²) in [7, 11) is 0. The predicted octanol–water partition coefficient (Wildman–Crippen LogP) is 0.211. The van der Waals surface area contributed by atoms with Gasteiger partial charge in [-0.3, -0.25) is 0 Å². The summed E-state index contributed by atoms with van der Waals surface area (Å²) in [4.78, 5) is 9.03. The van der Waals surface area contributed by atoms with E-state index in [0.717, 1.165) is 63.7 Å². The summed E-state index contributed by atoms with van der Waals surface area (Å²) in [6.45, 7) is 6.71. The molecule has 0 spiro atoms. The molecule has 1 aromatic rings. The first-order valence-electron chi connectivity index (χ1n) is 5.92. The van der Waals surface area contributed by atoms with Gasteiger partial charge in [0.15, 0.2) is 0 Å². The van der Waals surface area contributed by atoms with Gasteiger partial charge in [-0.1, -0.05) is 0 Å². The van der Waals surface area contributed by atoms with Gasteiger partial charge in [0.05, 0.1) is 26.4 Å². The fourth-order valence-electron chi connectivity index (χ4n) is 1.98. The van der Waals surface area contributed by atoms with Crippen LogP contribution in [-0.4, -0.2) is 62.0 Å². The van der Waals surface area contributed by atoms with E-state index in [1.165, 1.54) is 11.5 Å². The Balaban J connectivity index is 1.68. The molecule has 2 aliphatic rings. The van der Waals surface area contributed by atoms with Crippen LogP contribution in [0.4, 0.5) is 11.1 Å². The Kier molecular flexibility index (Phi) is 3.39. The monoisotopic (exact) mass is 256 g/mol. The van der Waals surface area contributed by atoms with Crippen LogP contribution in [0.1, 0.15) is 0 Å². The molecule has 0 aliphatic carbocycles. The topological polar surface area (TPSA) is 50.7 Å². The summed E-state index contributed by atoms with van der Waals surface area (Å²) in [6.07, 6.45) is 0. The summed E-state index contributed by atoms with van der Waals surface area (Å²) in [5, 5.41) is 1.01. The molecule has 1 aromatic heterocycles. The van der Waals surface area contributed by atoms with Crippen molar-refractivity contribution in [3.05, 3.63) is 0 Å². The second-order valence-corrected chi connectivity index (χ2v) is 4.81. The van der Waals surface area contributed by atoms with Crippen molar-refractivity contribution in [1.82, 2.24) is 9.36 Å². The highest BCUT2D eigenvalue weighted by molar-refractivity contribution is 7.09. The molecule has 0 amide bonds. The summed E-state index contributed by atoms with van der Waals surface area (Å²) in [5.74, 6) is 0.847.